The molecule has 0 saturated carbocycles. The number of rotatable bonds is 2. The van der Waals surface area contributed by atoms with Gasteiger partial charge in [0.2, 0.25) is 0 Å². The summed E-state index contributed by atoms with van der Waals surface area (Å²) in [6, 6.07) is 8.25. The first-order chi connectivity index (χ1) is 5.25. The van der Waals surface area contributed by atoms with E-state index in [2.05, 4.69) is 41.6 Å². The molecule has 2 heteroatoms. The molecule has 1 rings (SSSR count). The molecule has 0 bridgehead atoms. The molecule has 1 aromatic carbocycles. The van der Waals surface area contributed by atoms with Crippen LogP contribution in [0.1, 0.15) is 18.6 Å². The Morgan fingerprint density at radius 2 is 2.00 bits per heavy atom. The smallest absolute Gasteiger partial charge is 0.0803 e. The largest absolute Gasteiger partial charge is 0.377 e. The second-order valence-corrected chi connectivity index (χ2v) is 3.56. The summed E-state index contributed by atoms with van der Waals surface area (Å²) in [5, 5.41) is 0. The Labute approximate surface area is 80.9 Å². The summed E-state index contributed by atoms with van der Waals surface area (Å²) in [5.41, 5.74) is 1.26. The van der Waals surface area contributed by atoms with Crippen LogP contribution in [0, 0.1) is 3.57 Å². The zero-order chi connectivity index (χ0) is 8.27. The van der Waals surface area contributed by atoms with Gasteiger partial charge in [0.1, 0.15) is 0 Å². The molecule has 0 aromatic heterocycles. The van der Waals surface area contributed by atoms with Crippen LogP contribution in [0.5, 0.6) is 0 Å². The molecule has 11 heavy (non-hydrogen) atoms. The quantitative estimate of drug-likeness (QED) is 0.744. The third-order valence-corrected chi connectivity index (χ3v) is 2.68. The summed E-state index contributed by atoms with van der Waals surface area (Å²) in [5.74, 6) is 0. The van der Waals surface area contributed by atoms with Crippen molar-refractivity contribution >= 4 is 22.6 Å². The van der Waals surface area contributed by atoms with Crippen LogP contribution in [0.25, 0.3) is 0 Å². The average molecular weight is 262 g/mol. The van der Waals surface area contributed by atoms with Gasteiger partial charge in [-0.3, -0.25) is 0 Å². The minimum atomic E-state index is 0.197. The lowest BCUT2D eigenvalue weighted by Gasteiger charge is -2.10. The van der Waals surface area contributed by atoms with E-state index in [9.17, 15) is 0 Å². The highest BCUT2D eigenvalue weighted by Gasteiger charge is 2.05. The molecule has 0 radical (unpaired) electrons. The number of hydrogen-bond acceptors (Lipinski definition) is 1. The van der Waals surface area contributed by atoms with Crippen molar-refractivity contribution < 1.29 is 4.74 Å². The maximum absolute atomic E-state index is 5.21. The molecule has 0 N–H and O–H groups in total. The van der Waals surface area contributed by atoms with Crippen molar-refractivity contribution in [3.8, 4) is 0 Å². The highest BCUT2D eigenvalue weighted by Crippen LogP contribution is 2.21. The molecule has 0 fully saturated rings. The van der Waals surface area contributed by atoms with Gasteiger partial charge in [0.25, 0.3) is 0 Å². The molecule has 0 amide bonds. The standard InChI is InChI=1S/C9H11IO/c1-7(11-2)8-5-3-4-6-9(8)10/h3-7H,1-2H3. The van der Waals surface area contributed by atoms with E-state index in [4.69, 9.17) is 4.74 Å². The SMILES string of the molecule is COC(C)c1ccccc1I. The second-order valence-electron chi connectivity index (χ2n) is 2.40. The van der Waals surface area contributed by atoms with Gasteiger partial charge in [0.05, 0.1) is 6.10 Å². The van der Waals surface area contributed by atoms with E-state index in [1.54, 1.807) is 7.11 Å². The Morgan fingerprint density at radius 1 is 1.36 bits per heavy atom. The third-order valence-electron chi connectivity index (χ3n) is 1.70. The fraction of sp³-hybridized carbons (Fsp3) is 0.333. The normalized spacial score (nSPS) is 13.0. The number of benzene rings is 1. The molecule has 1 aromatic rings. The van der Waals surface area contributed by atoms with Crippen LogP contribution in [0.15, 0.2) is 24.3 Å². The molecule has 1 unspecified atom stereocenters. The van der Waals surface area contributed by atoms with E-state index >= 15 is 0 Å². The van der Waals surface area contributed by atoms with E-state index in [0.717, 1.165) is 0 Å². The van der Waals surface area contributed by atoms with Crippen molar-refractivity contribution in [3.63, 3.8) is 0 Å². The fourth-order valence-electron chi connectivity index (χ4n) is 0.932. The van der Waals surface area contributed by atoms with Gasteiger partial charge in [-0.25, -0.2) is 0 Å². The Morgan fingerprint density at radius 3 is 2.55 bits per heavy atom. The van der Waals surface area contributed by atoms with Gasteiger partial charge < -0.3 is 4.74 Å². The lowest BCUT2D eigenvalue weighted by atomic mass is 10.1. The van der Waals surface area contributed by atoms with E-state index in [-0.39, 0.29) is 6.10 Å². The van der Waals surface area contributed by atoms with Crippen molar-refractivity contribution in [3.05, 3.63) is 33.4 Å². The van der Waals surface area contributed by atoms with Crippen LogP contribution in [-0.4, -0.2) is 7.11 Å². The molecule has 1 nitrogen and oxygen atoms in total. The monoisotopic (exact) mass is 262 g/mol. The number of methoxy groups -OCH3 is 1. The first kappa shape index (κ1) is 9.00. The molecule has 1 atom stereocenters. The topological polar surface area (TPSA) is 9.23 Å². The third kappa shape index (κ3) is 2.17. The molecule has 0 aliphatic carbocycles. The predicted octanol–water partition coefficient (Wildman–Crippen LogP) is 3.00. The molecule has 0 spiro atoms. The first-order valence-corrected chi connectivity index (χ1v) is 4.61. The lowest BCUT2D eigenvalue weighted by Crippen LogP contribution is -1.97. The zero-order valence-electron chi connectivity index (χ0n) is 6.67. The highest BCUT2D eigenvalue weighted by atomic mass is 127. The lowest BCUT2D eigenvalue weighted by molar-refractivity contribution is 0.119. The van der Waals surface area contributed by atoms with Crippen molar-refractivity contribution in [2.75, 3.05) is 7.11 Å². The summed E-state index contributed by atoms with van der Waals surface area (Å²) in [4.78, 5) is 0. The van der Waals surface area contributed by atoms with Gasteiger partial charge in [-0.15, -0.1) is 0 Å². The molecule has 60 valence electrons. The molecule has 0 aliphatic heterocycles. The second kappa shape index (κ2) is 4.07. The van der Waals surface area contributed by atoms with Crippen LogP contribution < -0.4 is 0 Å². The summed E-state index contributed by atoms with van der Waals surface area (Å²) in [7, 11) is 1.73. The number of hydrogen-bond donors (Lipinski definition) is 0. The first-order valence-electron chi connectivity index (χ1n) is 3.53. The van der Waals surface area contributed by atoms with Gasteiger partial charge in [-0.05, 0) is 41.1 Å². The average Bonchev–Trinajstić information content (AvgIpc) is 2.04. The van der Waals surface area contributed by atoms with Crippen molar-refractivity contribution in [2.45, 2.75) is 13.0 Å². The van der Waals surface area contributed by atoms with E-state index in [1.165, 1.54) is 9.13 Å². The predicted molar refractivity (Wildman–Crippen MR) is 54.6 cm³/mol. The maximum atomic E-state index is 5.21. The molecular formula is C9H11IO. The maximum Gasteiger partial charge on any atom is 0.0803 e. The molecular weight excluding hydrogens is 251 g/mol. The zero-order valence-corrected chi connectivity index (χ0v) is 8.83. The summed E-state index contributed by atoms with van der Waals surface area (Å²) < 4.78 is 6.48. The van der Waals surface area contributed by atoms with Gasteiger partial charge in [0.15, 0.2) is 0 Å². The van der Waals surface area contributed by atoms with Gasteiger partial charge in [0, 0.05) is 10.7 Å². The molecule has 0 heterocycles. The van der Waals surface area contributed by atoms with E-state index in [1.807, 2.05) is 12.1 Å². The Bertz CT molecular complexity index is 235. The van der Waals surface area contributed by atoms with Crippen molar-refractivity contribution in [1.29, 1.82) is 0 Å². The Hall–Kier alpha value is -0.0900. The van der Waals surface area contributed by atoms with Gasteiger partial charge in [-0.1, -0.05) is 18.2 Å². The van der Waals surface area contributed by atoms with E-state index in [0.29, 0.717) is 0 Å². The minimum absolute atomic E-state index is 0.197. The number of ether oxygens (including phenoxy) is 1. The van der Waals surface area contributed by atoms with Gasteiger partial charge in [-0.2, -0.15) is 0 Å². The fourth-order valence-corrected chi connectivity index (χ4v) is 1.76. The van der Waals surface area contributed by atoms with E-state index < -0.39 is 0 Å². The van der Waals surface area contributed by atoms with Crippen LogP contribution >= 0.6 is 22.6 Å². The van der Waals surface area contributed by atoms with Crippen molar-refractivity contribution in [2.24, 2.45) is 0 Å². The van der Waals surface area contributed by atoms with Gasteiger partial charge >= 0.3 is 0 Å². The summed E-state index contributed by atoms with van der Waals surface area (Å²) in [6.45, 7) is 2.05. The summed E-state index contributed by atoms with van der Waals surface area (Å²) >= 11 is 2.32. The van der Waals surface area contributed by atoms with Crippen LogP contribution in [-0.2, 0) is 4.74 Å². The Balaban J connectivity index is 2.93. The number of halogens is 1. The van der Waals surface area contributed by atoms with Crippen LogP contribution in [0.2, 0.25) is 0 Å². The molecule has 0 aliphatic rings. The van der Waals surface area contributed by atoms with Crippen LogP contribution in [0.4, 0.5) is 0 Å². The minimum Gasteiger partial charge on any atom is -0.377 e. The highest BCUT2D eigenvalue weighted by molar-refractivity contribution is 14.1. The molecule has 0 saturated heterocycles. The van der Waals surface area contributed by atoms with Crippen molar-refractivity contribution in [1.82, 2.24) is 0 Å². The van der Waals surface area contributed by atoms with Crippen LogP contribution in [0.3, 0.4) is 0 Å². The Kier molecular flexibility index (Phi) is 3.33. The summed E-state index contributed by atoms with van der Waals surface area (Å²) in [6.07, 6.45) is 0.197.